The van der Waals surface area contributed by atoms with Gasteiger partial charge in [-0.3, -0.25) is 9.36 Å². The third-order valence-corrected chi connectivity index (χ3v) is 4.90. The minimum absolute atomic E-state index is 0.0546. The molecule has 0 aliphatic rings. The second-order valence-electron chi connectivity index (χ2n) is 6.94. The first-order valence-electron chi connectivity index (χ1n) is 9.22. The van der Waals surface area contributed by atoms with Crippen LogP contribution in [-0.2, 0) is 13.0 Å². The van der Waals surface area contributed by atoms with E-state index in [1.165, 1.54) is 0 Å². The Bertz CT molecular complexity index is 1140. The molecule has 0 spiro atoms. The van der Waals surface area contributed by atoms with Gasteiger partial charge in [-0.2, -0.15) is 0 Å². The SMILES string of the molecule is CCCCc1nc2ccc(C)cc2c(=O)n1Cc1ccc2[nH]ccc2c1. The molecule has 0 fully saturated rings. The fourth-order valence-corrected chi connectivity index (χ4v) is 3.45. The Labute approximate surface area is 152 Å². The molecule has 0 amide bonds. The largest absolute Gasteiger partial charge is 0.361 e. The van der Waals surface area contributed by atoms with E-state index in [4.69, 9.17) is 4.98 Å². The van der Waals surface area contributed by atoms with Gasteiger partial charge in [-0.15, -0.1) is 0 Å². The number of nitrogens with one attached hydrogen (secondary N) is 1. The number of aromatic nitrogens is 3. The standard InChI is InChI=1S/C22H23N3O/c1-3-4-5-21-24-20-8-6-15(2)12-18(20)22(26)25(21)14-16-7-9-19-17(13-16)10-11-23-19/h6-13,23H,3-5,14H2,1-2H3. The summed E-state index contributed by atoms with van der Waals surface area (Å²) in [6.07, 6.45) is 4.87. The van der Waals surface area contributed by atoms with Gasteiger partial charge in [-0.25, -0.2) is 4.98 Å². The Hall–Kier alpha value is -2.88. The van der Waals surface area contributed by atoms with Crippen molar-refractivity contribution in [3.63, 3.8) is 0 Å². The number of H-pyrrole nitrogens is 1. The number of unbranched alkanes of at least 4 members (excludes halogenated alkanes) is 1. The first-order valence-corrected chi connectivity index (χ1v) is 9.22. The van der Waals surface area contributed by atoms with Gasteiger partial charge >= 0.3 is 0 Å². The number of rotatable bonds is 5. The average Bonchev–Trinajstić information content (AvgIpc) is 3.11. The predicted molar refractivity (Wildman–Crippen MR) is 107 cm³/mol. The van der Waals surface area contributed by atoms with Crippen molar-refractivity contribution in [2.75, 3.05) is 0 Å². The van der Waals surface area contributed by atoms with Crippen LogP contribution >= 0.6 is 0 Å². The van der Waals surface area contributed by atoms with E-state index in [0.717, 1.165) is 52.6 Å². The fourth-order valence-electron chi connectivity index (χ4n) is 3.45. The van der Waals surface area contributed by atoms with Gasteiger partial charge in [0.05, 0.1) is 17.4 Å². The van der Waals surface area contributed by atoms with E-state index in [1.807, 2.05) is 35.9 Å². The summed E-state index contributed by atoms with van der Waals surface area (Å²) in [4.78, 5) is 21.2. The number of aryl methyl sites for hydroxylation is 2. The molecular weight excluding hydrogens is 322 g/mol. The highest BCUT2D eigenvalue weighted by atomic mass is 16.1. The third kappa shape index (κ3) is 3.03. The molecule has 2 aromatic carbocycles. The summed E-state index contributed by atoms with van der Waals surface area (Å²) in [6, 6.07) is 14.3. The van der Waals surface area contributed by atoms with Gasteiger partial charge in [0.2, 0.25) is 0 Å². The zero-order valence-electron chi connectivity index (χ0n) is 15.2. The normalized spacial score (nSPS) is 11.5. The molecule has 4 aromatic rings. The molecule has 132 valence electrons. The van der Waals surface area contributed by atoms with Crippen LogP contribution in [-0.4, -0.2) is 14.5 Å². The van der Waals surface area contributed by atoms with Gasteiger partial charge in [0.1, 0.15) is 5.82 Å². The highest BCUT2D eigenvalue weighted by molar-refractivity contribution is 5.80. The Kier molecular flexibility index (Phi) is 4.33. The first-order chi connectivity index (χ1) is 12.7. The molecule has 0 saturated heterocycles. The molecule has 1 N–H and O–H groups in total. The van der Waals surface area contributed by atoms with Crippen LogP contribution < -0.4 is 5.56 Å². The summed E-state index contributed by atoms with van der Waals surface area (Å²) in [5.41, 5.74) is 4.16. The molecule has 0 bridgehead atoms. The number of aromatic amines is 1. The van der Waals surface area contributed by atoms with Crippen molar-refractivity contribution in [3.8, 4) is 0 Å². The number of fused-ring (bicyclic) bond motifs is 2. The van der Waals surface area contributed by atoms with Crippen molar-refractivity contribution < 1.29 is 0 Å². The van der Waals surface area contributed by atoms with Crippen LogP contribution in [0.5, 0.6) is 0 Å². The molecule has 0 radical (unpaired) electrons. The summed E-state index contributed by atoms with van der Waals surface area (Å²) in [7, 11) is 0. The highest BCUT2D eigenvalue weighted by Crippen LogP contribution is 2.17. The highest BCUT2D eigenvalue weighted by Gasteiger charge is 2.12. The lowest BCUT2D eigenvalue weighted by atomic mass is 10.1. The Morgan fingerprint density at radius 2 is 2.00 bits per heavy atom. The van der Waals surface area contributed by atoms with Crippen LogP contribution in [0, 0.1) is 6.92 Å². The Morgan fingerprint density at radius 1 is 1.12 bits per heavy atom. The van der Waals surface area contributed by atoms with Gasteiger partial charge in [0.25, 0.3) is 5.56 Å². The predicted octanol–water partition coefficient (Wildman–Crippen LogP) is 4.58. The maximum atomic E-state index is 13.2. The summed E-state index contributed by atoms with van der Waals surface area (Å²) >= 11 is 0. The van der Waals surface area contributed by atoms with Crippen LogP contribution in [0.15, 0.2) is 53.5 Å². The molecule has 4 nitrogen and oxygen atoms in total. The van der Waals surface area contributed by atoms with E-state index in [0.29, 0.717) is 11.9 Å². The number of nitrogens with zero attached hydrogens (tertiary/aromatic N) is 2. The Balaban J connectivity index is 1.84. The summed E-state index contributed by atoms with van der Waals surface area (Å²) in [5, 5.41) is 1.86. The van der Waals surface area contributed by atoms with E-state index in [1.54, 1.807) is 0 Å². The molecule has 0 aliphatic heterocycles. The Morgan fingerprint density at radius 3 is 2.85 bits per heavy atom. The van der Waals surface area contributed by atoms with Gasteiger partial charge in [-0.1, -0.05) is 31.0 Å². The monoisotopic (exact) mass is 345 g/mol. The molecule has 0 aliphatic carbocycles. The quantitative estimate of drug-likeness (QED) is 0.576. The van der Waals surface area contributed by atoms with E-state index < -0.39 is 0 Å². The van der Waals surface area contributed by atoms with Gasteiger partial charge in [-0.05, 0) is 54.6 Å². The van der Waals surface area contributed by atoms with Crippen molar-refractivity contribution in [2.45, 2.75) is 39.7 Å². The van der Waals surface area contributed by atoms with Crippen molar-refractivity contribution in [3.05, 3.63) is 76.0 Å². The van der Waals surface area contributed by atoms with Crippen LogP contribution in [0.1, 0.15) is 36.7 Å². The molecule has 2 heterocycles. The molecular formula is C22H23N3O. The van der Waals surface area contributed by atoms with Gasteiger partial charge < -0.3 is 4.98 Å². The first kappa shape index (κ1) is 16.6. The summed E-state index contributed by atoms with van der Waals surface area (Å²) in [5.74, 6) is 0.877. The summed E-state index contributed by atoms with van der Waals surface area (Å²) < 4.78 is 1.85. The molecule has 0 unspecified atom stereocenters. The molecule has 0 saturated carbocycles. The lowest BCUT2D eigenvalue weighted by Crippen LogP contribution is -2.26. The van der Waals surface area contributed by atoms with Crippen LogP contribution in [0.25, 0.3) is 21.8 Å². The van der Waals surface area contributed by atoms with Crippen molar-refractivity contribution >= 4 is 21.8 Å². The third-order valence-electron chi connectivity index (χ3n) is 4.90. The maximum absolute atomic E-state index is 13.2. The van der Waals surface area contributed by atoms with E-state index >= 15 is 0 Å². The zero-order chi connectivity index (χ0) is 18.1. The second-order valence-corrected chi connectivity index (χ2v) is 6.94. The van der Waals surface area contributed by atoms with E-state index in [9.17, 15) is 4.79 Å². The maximum Gasteiger partial charge on any atom is 0.261 e. The number of benzene rings is 2. The number of hydrogen-bond acceptors (Lipinski definition) is 2. The van der Waals surface area contributed by atoms with Gasteiger partial charge in [0.15, 0.2) is 0 Å². The molecule has 26 heavy (non-hydrogen) atoms. The van der Waals surface area contributed by atoms with E-state index in [-0.39, 0.29) is 5.56 Å². The topological polar surface area (TPSA) is 50.7 Å². The van der Waals surface area contributed by atoms with Crippen molar-refractivity contribution in [1.82, 2.24) is 14.5 Å². The minimum Gasteiger partial charge on any atom is -0.361 e. The fraction of sp³-hybridized carbons (Fsp3) is 0.273. The molecule has 2 aromatic heterocycles. The second kappa shape index (κ2) is 6.79. The van der Waals surface area contributed by atoms with Crippen LogP contribution in [0.2, 0.25) is 0 Å². The van der Waals surface area contributed by atoms with Crippen molar-refractivity contribution in [2.24, 2.45) is 0 Å². The zero-order valence-corrected chi connectivity index (χ0v) is 15.2. The smallest absolute Gasteiger partial charge is 0.261 e. The number of hydrogen-bond donors (Lipinski definition) is 1. The molecule has 0 atom stereocenters. The lowest BCUT2D eigenvalue weighted by Gasteiger charge is -2.14. The average molecular weight is 345 g/mol. The molecule has 4 heteroatoms. The van der Waals surface area contributed by atoms with Crippen LogP contribution in [0.4, 0.5) is 0 Å². The van der Waals surface area contributed by atoms with Crippen LogP contribution in [0.3, 0.4) is 0 Å². The van der Waals surface area contributed by atoms with E-state index in [2.05, 4.69) is 36.2 Å². The minimum atomic E-state index is 0.0546. The van der Waals surface area contributed by atoms with Gasteiger partial charge in [0, 0.05) is 18.1 Å². The molecule has 4 rings (SSSR count). The lowest BCUT2D eigenvalue weighted by molar-refractivity contribution is 0.646. The van der Waals surface area contributed by atoms with Crippen molar-refractivity contribution in [1.29, 1.82) is 0 Å². The summed E-state index contributed by atoms with van der Waals surface area (Å²) in [6.45, 7) is 4.72.